The summed E-state index contributed by atoms with van der Waals surface area (Å²) in [6, 6.07) is 11.9. The third-order valence-electron chi connectivity index (χ3n) is 5.96. The van der Waals surface area contributed by atoms with Crippen LogP contribution in [0.2, 0.25) is 0 Å². The molecule has 0 spiro atoms. The van der Waals surface area contributed by atoms with Crippen molar-refractivity contribution < 1.29 is 14.3 Å². The summed E-state index contributed by atoms with van der Waals surface area (Å²) in [7, 11) is 0. The molecule has 2 aromatic heterocycles. The minimum absolute atomic E-state index is 0.0933. The van der Waals surface area contributed by atoms with Gasteiger partial charge in [-0.3, -0.25) is 9.59 Å². The molecule has 1 amide bonds. The minimum Gasteiger partial charge on any atom is -0.466 e. The van der Waals surface area contributed by atoms with E-state index in [0.717, 1.165) is 12.8 Å². The molecule has 7 nitrogen and oxygen atoms in total. The standard InChI is InChI=1S/C23H26N4O3/c1-2-30-22(29)23(10-9-18-7-4-3-5-8-18)11-15-26(16-12-23)21(28)19-17-25-27-14-6-13-24-20(19)27/h3-8,13-14,17H,2,9-12,15-16H2,1H3. The highest BCUT2D eigenvalue weighted by molar-refractivity contribution is 5.99. The molecule has 0 radical (unpaired) electrons. The van der Waals surface area contributed by atoms with Gasteiger partial charge in [0.2, 0.25) is 0 Å². The smallest absolute Gasteiger partial charge is 0.312 e. The first-order chi connectivity index (χ1) is 14.6. The van der Waals surface area contributed by atoms with Gasteiger partial charge in [-0.2, -0.15) is 5.10 Å². The Morgan fingerprint density at radius 2 is 1.90 bits per heavy atom. The summed E-state index contributed by atoms with van der Waals surface area (Å²) in [4.78, 5) is 32.0. The third kappa shape index (κ3) is 3.92. The Bertz CT molecular complexity index is 1020. The molecule has 1 aliphatic heterocycles. The Hall–Kier alpha value is -3.22. The number of hydrogen-bond acceptors (Lipinski definition) is 5. The Balaban J connectivity index is 1.48. The number of aryl methyl sites for hydroxylation is 1. The van der Waals surface area contributed by atoms with Gasteiger partial charge in [-0.1, -0.05) is 30.3 Å². The largest absolute Gasteiger partial charge is 0.466 e. The fourth-order valence-corrected chi connectivity index (χ4v) is 4.15. The average molecular weight is 406 g/mol. The summed E-state index contributed by atoms with van der Waals surface area (Å²) in [6.07, 6.45) is 7.70. The Morgan fingerprint density at radius 1 is 1.13 bits per heavy atom. The van der Waals surface area contributed by atoms with Gasteiger partial charge in [-0.05, 0) is 44.2 Å². The summed E-state index contributed by atoms with van der Waals surface area (Å²) in [5, 5.41) is 4.21. The number of hydrogen-bond donors (Lipinski definition) is 0. The van der Waals surface area contributed by atoms with Gasteiger partial charge >= 0.3 is 5.97 Å². The topological polar surface area (TPSA) is 76.8 Å². The van der Waals surface area contributed by atoms with E-state index in [4.69, 9.17) is 4.74 Å². The zero-order valence-electron chi connectivity index (χ0n) is 17.2. The number of aromatic nitrogens is 3. The van der Waals surface area contributed by atoms with Crippen molar-refractivity contribution in [1.29, 1.82) is 0 Å². The maximum Gasteiger partial charge on any atom is 0.312 e. The van der Waals surface area contributed by atoms with E-state index in [1.807, 2.05) is 25.1 Å². The maximum absolute atomic E-state index is 13.1. The molecule has 156 valence electrons. The molecule has 30 heavy (non-hydrogen) atoms. The molecular formula is C23H26N4O3. The van der Waals surface area contributed by atoms with Gasteiger partial charge in [0.1, 0.15) is 5.56 Å². The van der Waals surface area contributed by atoms with Crippen LogP contribution in [0.5, 0.6) is 0 Å². The van der Waals surface area contributed by atoms with E-state index in [1.165, 1.54) is 5.56 Å². The number of carbonyl (C=O) groups excluding carboxylic acids is 2. The molecule has 0 aliphatic carbocycles. The zero-order chi connectivity index (χ0) is 21.0. The number of esters is 1. The van der Waals surface area contributed by atoms with Crippen molar-refractivity contribution in [2.24, 2.45) is 5.41 Å². The van der Waals surface area contributed by atoms with Crippen molar-refractivity contribution >= 4 is 17.5 Å². The van der Waals surface area contributed by atoms with Crippen LogP contribution in [0.15, 0.2) is 55.0 Å². The molecule has 3 aromatic rings. The number of benzene rings is 1. The van der Waals surface area contributed by atoms with Gasteiger partial charge in [0.25, 0.3) is 5.91 Å². The fraction of sp³-hybridized carbons (Fsp3) is 0.391. The van der Waals surface area contributed by atoms with Crippen molar-refractivity contribution in [2.75, 3.05) is 19.7 Å². The highest BCUT2D eigenvalue weighted by Crippen LogP contribution is 2.38. The monoisotopic (exact) mass is 406 g/mol. The Labute approximate surface area is 175 Å². The lowest BCUT2D eigenvalue weighted by Gasteiger charge is -2.40. The lowest BCUT2D eigenvalue weighted by molar-refractivity contribution is -0.158. The van der Waals surface area contributed by atoms with E-state index in [9.17, 15) is 9.59 Å². The van der Waals surface area contributed by atoms with Gasteiger partial charge in [-0.15, -0.1) is 0 Å². The van der Waals surface area contributed by atoms with Crippen LogP contribution in [0.4, 0.5) is 0 Å². The van der Waals surface area contributed by atoms with Crippen molar-refractivity contribution in [3.8, 4) is 0 Å². The van der Waals surface area contributed by atoms with Gasteiger partial charge in [0.15, 0.2) is 5.65 Å². The Kier molecular flexibility index (Phi) is 5.79. The minimum atomic E-state index is -0.554. The summed E-state index contributed by atoms with van der Waals surface area (Å²) < 4.78 is 7.03. The van der Waals surface area contributed by atoms with Crippen LogP contribution in [0.3, 0.4) is 0 Å². The number of rotatable bonds is 6. The Morgan fingerprint density at radius 3 is 2.63 bits per heavy atom. The molecule has 0 bridgehead atoms. The van der Waals surface area contributed by atoms with Crippen LogP contribution in [-0.4, -0.2) is 51.1 Å². The maximum atomic E-state index is 13.1. The highest BCUT2D eigenvalue weighted by Gasteiger charge is 2.43. The second-order valence-corrected chi connectivity index (χ2v) is 7.72. The van der Waals surface area contributed by atoms with Crippen LogP contribution in [-0.2, 0) is 16.0 Å². The van der Waals surface area contributed by atoms with Crippen molar-refractivity contribution in [2.45, 2.75) is 32.6 Å². The quantitative estimate of drug-likeness (QED) is 0.588. The van der Waals surface area contributed by atoms with Crippen molar-refractivity contribution in [3.63, 3.8) is 0 Å². The molecule has 1 aliphatic rings. The van der Waals surface area contributed by atoms with E-state index >= 15 is 0 Å². The zero-order valence-corrected chi connectivity index (χ0v) is 17.2. The first-order valence-electron chi connectivity index (χ1n) is 10.4. The lowest BCUT2D eigenvalue weighted by atomic mass is 9.74. The molecule has 0 saturated carbocycles. The fourth-order valence-electron chi connectivity index (χ4n) is 4.15. The highest BCUT2D eigenvalue weighted by atomic mass is 16.5. The predicted molar refractivity (Wildman–Crippen MR) is 112 cm³/mol. The van der Waals surface area contributed by atoms with E-state index in [0.29, 0.717) is 43.7 Å². The molecule has 0 N–H and O–H groups in total. The number of carbonyl (C=O) groups is 2. The van der Waals surface area contributed by atoms with E-state index in [1.54, 1.807) is 34.1 Å². The molecule has 1 saturated heterocycles. The molecule has 1 aromatic carbocycles. The van der Waals surface area contributed by atoms with Crippen LogP contribution < -0.4 is 0 Å². The number of nitrogens with zero attached hydrogens (tertiary/aromatic N) is 4. The van der Waals surface area contributed by atoms with E-state index in [2.05, 4.69) is 22.2 Å². The van der Waals surface area contributed by atoms with Gasteiger partial charge in [0.05, 0.1) is 18.2 Å². The van der Waals surface area contributed by atoms with Gasteiger partial charge in [0, 0.05) is 25.5 Å². The number of amides is 1. The number of ether oxygens (including phenoxy) is 1. The predicted octanol–water partition coefficient (Wildman–Crippen LogP) is 3.15. The molecule has 1 fully saturated rings. The van der Waals surface area contributed by atoms with Crippen molar-refractivity contribution in [3.05, 3.63) is 66.1 Å². The molecule has 3 heterocycles. The van der Waals surface area contributed by atoms with Gasteiger partial charge < -0.3 is 9.64 Å². The summed E-state index contributed by atoms with van der Waals surface area (Å²) in [5.74, 6) is -0.241. The summed E-state index contributed by atoms with van der Waals surface area (Å²) >= 11 is 0. The van der Waals surface area contributed by atoms with E-state index < -0.39 is 5.41 Å². The molecular weight excluding hydrogens is 380 g/mol. The lowest BCUT2D eigenvalue weighted by Crippen LogP contribution is -2.47. The number of likely N-dealkylation sites (tertiary alicyclic amines) is 1. The summed E-state index contributed by atoms with van der Waals surface area (Å²) in [5.41, 5.74) is 1.69. The van der Waals surface area contributed by atoms with Gasteiger partial charge in [-0.25, -0.2) is 9.50 Å². The molecule has 4 rings (SSSR count). The molecule has 0 unspecified atom stereocenters. The van der Waals surface area contributed by atoms with Crippen LogP contribution in [0, 0.1) is 5.41 Å². The van der Waals surface area contributed by atoms with Crippen LogP contribution in [0.25, 0.3) is 5.65 Å². The number of piperidine rings is 1. The van der Waals surface area contributed by atoms with Crippen LogP contribution in [0.1, 0.15) is 42.1 Å². The molecule has 7 heteroatoms. The molecule has 0 atom stereocenters. The number of fused-ring (bicyclic) bond motifs is 1. The third-order valence-corrected chi connectivity index (χ3v) is 5.96. The first-order valence-corrected chi connectivity index (χ1v) is 10.4. The van der Waals surface area contributed by atoms with Crippen molar-refractivity contribution in [1.82, 2.24) is 19.5 Å². The van der Waals surface area contributed by atoms with Crippen LogP contribution >= 0.6 is 0 Å². The second-order valence-electron chi connectivity index (χ2n) is 7.72. The van der Waals surface area contributed by atoms with E-state index in [-0.39, 0.29) is 11.9 Å². The second kappa shape index (κ2) is 8.65. The average Bonchev–Trinajstić information content (AvgIpc) is 3.23. The summed E-state index contributed by atoms with van der Waals surface area (Å²) in [6.45, 7) is 3.22. The SMILES string of the molecule is CCOC(=O)C1(CCc2ccccc2)CCN(C(=O)c2cnn3cccnc23)CC1. The normalized spacial score (nSPS) is 15.8. The first kappa shape index (κ1) is 20.1.